The molecule has 0 bridgehead atoms. The van der Waals surface area contributed by atoms with E-state index in [1.165, 1.54) is 5.56 Å². The Kier molecular flexibility index (Phi) is 8.39. The first kappa shape index (κ1) is 26.3. The number of aromatic hydroxyl groups is 1. The SMILES string of the molecule is CC(C)(O)COc1ccc(N2CCN(CCc3ccc(C#N)cc3)C[C@H]2c2ccc(O)cc2)c(I)c1. The van der Waals surface area contributed by atoms with Gasteiger partial charge in [-0.15, -0.1) is 0 Å². The van der Waals surface area contributed by atoms with E-state index in [-0.39, 0.29) is 18.4 Å². The minimum absolute atomic E-state index is 0.136. The largest absolute Gasteiger partial charge is 0.508 e. The smallest absolute Gasteiger partial charge is 0.120 e. The summed E-state index contributed by atoms with van der Waals surface area (Å²) < 4.78 is 6.89. The van der Waals surface area contributed by atoms with E-state index in [4.69, 9.17) is 10.00 Å². The van der Waals surface area contributed by atoms with Crippen LogP contribution in [0.1, 0.15) is 36.6 Å². The molecule has 0 spiro atoms. The number of hydrogen-bond donors (Lipinski definition) is 2. The van der Waals surface area contributed by atoms with Gasteiger partial charge in [0.15, 0.2) is 0 Å². The summed E-state index contributed by atoms with van der Waals surface area (Å²) in [6.07, 6.45) is 0.929. The maximum atomic E-state index is 9.98. The van der Waals surface area contributed by atoms with E-state index < -0.39 is 5.60 Å². The molecule has 6 nitrogen and oxygen atoms in total. The molecule has 0 unspecified atom stereocenters. The molecule has 2 N–H and O–H groups in total. The monoisotopic (exact) mass is 597 g/mol. The molecular weight excluding hydrogens is 565 g/mol. The molecule has 4 rings (SSSR count). The number of ether oxygens (including phenoxy) is 1. The van der Waals surface area contributed by atoms with E-state index in [2.05, 4.69) is 44.5 Å². The second-order valence-corrected chi connectivity index (χ2v) is 11.0. The van der Waals surface area contributed by atoms with Crippen LogP contribution in [0.2, 0.25) is 0 Å². The molecule has 3 aromatic carbocycles. The van der Waals surface area contributed by atoms with Gasteiger partial charge in [0.1, 0.15) is 18.1 Å². The van der Waals surface area contributed by atoms with Crippen LogP contribution in [0.3, 0.4) is 0 Å². The molecule has 7 heteroatoms. The van der Waals surface area contributed by atoms with Gasteiger partial charge in [0, 0.05) is 29.7 Å². The van der Waals surface area contributed by atoms with Crippen molar-refractivity contribution in [3.63, 3.8) is 0 Å². The lowest BCUT2D eigenvalue weighted by Crippen LogP contribution is -2.49. The highest BCUT2D eigenvalue weighted by molar-refractivity contribution is 14.1. The number of benzene rings is 3. The predicted octanol–water partition coefficient (Wildman–Crippen LogP) is 5.12. The Bertz CT molecular complexity index is 1200. The standard InChI is InChI=1S/C29H32IN3O3/c1-29(2,35)20-36-25-11-12-27(26(30)17-25)33-16-15-32(14-13-21-3-5-22(18-31)6-4-21)19-28(33)23-7-9-24(34)10-8-23/h3-12,17,28,34-35H,13-16,19-20H2,1-2H3/t28-/m0/s1. The number of anilines is 1. The van der Waals surface area contributed by atoms with Gasteiger partial charge in [0.2, 0.25) is 0 Å². The molecular formula is C29H32IN3O3. The topological polar surface area (TPSA) is 80.0 Å². The molecule has 0 amide bonds. The second kappa shape index (κ2) is 11.5. The molecule has 0 aromatic heterocycles. The van der Waals surface area contributed by atoms with E-state index in [9.17, 15) is 10.2 Å². The van der Waals surface area contributed by atoms with Gasteiger partial charge in [-0.1, -0.05) is 24.3 Å². The number of halogens is 1. The van der Waals surface area contributed by atoms with Crippen LogP contribution in [-0.4, -0.2) is 53.5 Å². The van der Waals surface area contributed by atoms with Crippen molar-refractivity contribution in [2.75, 3.05) is 37.7 Å². The van der Waals surface area contributed by atoms with E-state index >= 15 is 0 Å². The highest BCUT2D eigenvalue weighted by Crippen LogP contribution is 2.36. The Morgan fingerprint density at radius 2 is 1.78 bits per heavy atom. The van der Waals surface area contributed by atoms with Crippen LogP contribution in [-0.2, 0) is 6.42 Å². The lowest BCUT2D eigenvalue weighted by atomic mass is 10.0. The Morgan fingerprint density at radius 3 is 2.42 bits per heavy atom. The maximum absolute atomic E-state index is 9.98. The van der Waals surface area contributed by atoms with Gasteiger partial charge in [-0.05, 0) is 96.5 Å². The fourth-order valence-corrected chi connectivity index (χ4v) is 5.21. The molecule has 1 atom stereocenters. The summed E-state index contributed by atoms with van der Waals surface area (Å²) >= 11 is 2.36. The summed E-state index contributed by atoms with van der Waals surface area (Å²) in [4.78, 5) is 4.92. The van der Waals surface area contributed by atoms with Gasteiger partial charge in [-0.25, -0.2) is 0 Å². The summed E-state index contributed by atoms with van der Waals surface area (Å²) in [7, 11) is 0. The zero-order valence-electron chi connectivity index (χ0n) is 20.7. The molecule has 1 fully saturated rings. The minimum atomic E-state index is -0.887. The molecule has 1 heterocycles. The van der Waals surface area contributed by atoms with Crippen LogP contribution in [0.5, 0.6) is 11.5 Å². The minimum Gasteiger partial charge on any atom is -0.508 e. The third-order valence-electron chi connectivity index (χ3n) is 6.36. The zero-order chi connectivity index (χ0) is 25.7. The van der Waals surface area contributed by atoms with Gasteiger partial charge in [0.05, 0.1) is 29.0 Å². The Balaban J connectivity index is 1.51. The van der Waals surface area contributed by atoms with Crippen LogP contribution in [0, 0.1) is 14.9 Å². The number of piperazine rings is 1. The van der Waals surface area contributed by atoms with Crippen LogP contribution >= 0.6 is 22.6 Å². The molecule has 3 aromatic rings. The average Bonchev–Trinajstić information content (AvgIpc) is 2.87. The lowest BCUT2D eigenvalue weighted by Gasteiger charge is -2.43. The van der Waals surface area contributed by atoms with Crippen molar-refractivity contribution in [1.82, 2.24) is 4.90 Å². The van der Waals surface area contributed by atoms with Crippen LogP contribution in [0.4, 0.5) is 5.69 Å². The first-order valence-corrected chi connectivity index (χ1v) is 13.2. The number of phenols is 1. The van der Waals surface area contributed by atoms with Gasteiger partial charge < -0.3 is 19.8 Å². The van der Waals surface area contributed by atoms with Crippen LogP contribution < -0.4 is 9.64 Å². The van der Waals surface area contributed by atoms with E-state index in [1.54, 1.807) is 26.0 Å². The average molecular weight is 597 g/mol. The molecule has 0 radical (unpaired) electrons. The first-order valence-electron chi connectivity index (χ1n) is 12.1. The van der Waals surface area contributed by atoms with Crippen molar-refractivity contribution in [2.24, 2.45) is 0 Å². The summed E-state index contributed by atoms with van der Waals surface area (Å²) in [5.74, 6) is 1.01. The van der Waals surface area contributed by atoms with Crippen molar-refractivity contribution in [1.29, 1.82) is 5.26 Å². The van der Waals surface area contributed by atoms with E-state index in [0.717, 1.165) is 53.2 Å². The van der Waals surface area contributed by atoms with Crippen LogP contribution in [0.15, 0.2) is 66.7 Å². The van der Waals surface area contributed by atoms with Crippen molar-refractivity contribution >= 4 is 28.3 Å². The van der Waals surface area contributed by atoms with E-state index in [0.29, 0.717) is 5.56 Å². The molecule has 1 aliphatic rings. The molecule has 188 valence electrons. The number of nitriles is 1. The molecule has 0 aliphatic carbocycles. The lowest BCUT2D eigenvalue weighted by molar-refractivity contribution is 0.0284. The second-order valence-electron chi connectivity index (χ2n) is 9.87. The number of nitrogens with zero attached hydrogens (tertiary/aromatic N) is 3. The van der Waals surface area contributed by atoms with Gasteiger partial charge in [-0.3, -0.25) is 4.90 Å². The highest BCUT2D eigenvalue weighted by atomic mass is 127. The van der Waals surface area contributed by atoms with Crippen molar-refractivity contribution in [3.8, 4) is 17.6 Å². The summed E-state index contributed by atoms with van der Waals surface area (Å²) in [6, 6.07) is 23.7. The fourth-order valence-electron chi connectivity index (χ4n) is 4.42. The van der Waals surface area contributed by atoms with Crippen molar-refractivity contribution in [3.05, 3.63) is 87.0 Å². The molecule has 1 aliphatic heterocycles. The zero-order valence-corrected chi connectivity index (χ0v) is 22.9. The highest BCUT2D eigenvalue weighted by Gasteiger charge is 2.29. The number of rotatable bonds is 8. The molecule has 1 saturated heterocycles. The Morgan fingerprint density at radius 1 is 1.06 bits per heavy atom. The van der Waals surface area contributed by atoms with E-state index in [1.807, 2.05) is 48.5 Å². The number of phenolic OH excluding ortho intramolecular Hbond substituents is 1. The van der Waals surface area contributed by atoms with Gasteiger partial charge >= 0.3 is 0 Å². The maximum Gasteiger partial charge on any atom is 0.120 e. The third-order valence-corrected chi connectivity index (χ3v) is 7.23. The first-order chi connectivity index (χ1) is 17.2. The molecule has 0 saturated carbocycles. The number of hydrogen-bond acceptors (Lipinski definition) is 6. The predicted molar refractivity (Wildman–Crippen MR) is 150 cm³/mol. The normalized spacial score (nSPS) is 16.5. The van der Waals surface area contributed by atoms with Crippen molar-refractivity contribution in [2.45, 2.75) is 31.9 Å². The number of aliphatic hydroxyl groups is 1. The summed E-state index contributed by atoms with van der Waals surface area (Å²) in [6.45, 7) is 7.32. The van der Waals surface area contributed by atoms with Crippen molar-refractivity contribution < 1.29 is 14.9 Å². The summed E-state index contributed by atoms with van der Waals surface area (Å²) in [5.41, 5.74) is 3.34. The van der Waals surface area contributed by atoms with Crippen LogP contribution in [0.25, 0.3) is 0 Å². The quantitative estimate of drug-likeness (QED) is 0.351. The van der Waals surface area contributed by atoms with Gasteiger partial charge in [-0.2, -0.15) is 5.26 Å². The Hall–Kier alpha value is -2.80. The van der Waals surface area contributed by atoms with Gasteiger partial charge in [0.25, 0.3) is 0 Å². The molecule has 36 heavy (non-hydrogen) atoms. The summed E-state index contributed by atoms with van der Waals surface area (Å²) in [5, 5.41) is 28.9. The Labute approximate surface area is 226 Å². The fraction of sp³-hybridized carbons (Fsp3) is 0.345. The third kappa shape index (κ3) is 6.90.